The Morgan fingerprint density at radius 1 is 1.36 bits per heavy atom. The van der Waals surface area contributed by atoms with Crippen molar-refractivity contribution < 1.29 is 23.8 Å². The topological polar surface area (TPSA) is 155 Å². The van der Waals surface area contributed by atoms with Crippen LogP contribution in [0.2, 0.25) is 0 Å². The van der Waals surface area contributed by atoms with Crippen LogP contribution < -0.4 is 21.9 Å². The van der Waals surface area contributed by atoms with Gasteiger partial charge in [0.2, 0.25) is 0 Å². The SMILES string of the molecule is O=C1NCC(COC2OC2/C=C/C(=O)OCc2c[nH]c(=O)[nH]c2=O)N1. The number of carbonyl (C=O) groups excluding carboxylic acids is 2. The van der Waals surface area contributed by atoms with Crippen LogP contribution in [-0.2, 0) is 25.6 Å². The largest absolute Gasteiger partial charge is 0.457 e. The van der Waals surface area contributed by atoms with Gasteiger partial charge < -0.3 is 29.8 Å². The van der Waals surface area contributed by atoms with Crippen molar-refractivity contribution in [3.8, 4) is 0 Å². The summed E-state index contributed by atoms with van der Waals surface area (Å²) in [4.78, 5) is 49.1. The summed E-state index contributed by atoms with van der Waals surface area (Å²) in [6.45, 7) is 0.518. The van der Waals surface area contributed by atoms with E-state index in [-0.39, 0.29) is 30.3 Å². The molecular formula is C14H16N4O7. The number of epoxide rings is 1. The number of carbonyl (C=O) groups is 2. The van der Waals surface area contributed by atoms with E-state index >= 15 is 0 Å². The van der Waals surface area contributed by atoms with Gasteiger partial charge in [0, 0.05) is 18.8 Å². The van der Waals surface area contributed by atoms with Gasteiger partial charge in [-0.2, -0.15) is 0 Å². The molecule has 1 aromatic heterocycles. The number of aromatic amines is 2. The first kappa shape index (κ1) is 16.9. The molecular weight excluding hydrogens is 336 g/mol. The van der Waals surface area contributed by atoms with Crippen LogP contribution in [-0.4, -0.2) is 53.6 Å². The second-order valence-electron chi connectivity index (χ2n) is 5.42. The molecule has 0 bridgehead atoms. The normalized spacial score (nSPS) is 24.8. The number of urea groups is 1. The van der Waals surface area contributed by atoms with Gasteiger partial charge in [0.05, 0.1) is 18.2 Å². The fraction of sp³-hybridized carbons (Fsp3) is 0.429. The monoisotopic (exact) mass is 352 g/mol. The fourth-order valence-electron chi connectivity index (χ4n) is 2.11. The highest BCUT2D eigenvalue weighted by Gasteiger charge is 2.39. The summed E-state index contributed by atoms with van der Waals surface area (Å²) in [5.41, 5.74) is -1.13. The van der Waals surface area contributed by atoms with Crippen molar-refractivity contribution >= 4 is 12.0 Å². The van der Waals surface area contributed by atoms with Crippen LogP contribution in [0.5, 0.6) is 0 Å². The fourth-order valence-corrected chi connectivity index (χ4v) is 2.11. The Balaban J connectivity index is 1.36. The van der Waals surface area contributed by atoms with Gasteiger partial charge in [-0.1, -0.05) is 0 Å². The van der Waals surface area contributed by atoms with Gasteiger partial charge in [-0.15, -0.1) is 0 Å². The molecule has 2 amide bonds. The Morgan fingerprint density at radius 3 is 2.92 bits per heavy atom. The van der Waals surface area contributed by atoms with Crippen molar-refractivity contribution in [2.24, 2.45) is 0 Å². The molecule has 3 heterocycles. The molecule has 2 saturated heterocycles. The first-order valence-electron chi connectivity index (χ1n) is 7.48. The predicted molar refractivity (Wildman–Crippen MR) is 81.6 cm³/mol. The molecule has 11 heteroatoms. The lowest BCUT2D eigenvalue weighted by atomic mass is 10.3. The zero-order valence-electron chi connectivity index (χ0n) is 12.9. The summed E-state index contributed by atoms with van der Waals surface area (Å²) < 4.78 is 15.5. The smallest absolute Gasteiger partial charge is 0.330 e. The maximum absolute atomic E-state index is 11.6. The third kappa shape index (κ3) is 4.78. The van der Waals surface area contributed by atoms with Crippen molar-refractivity contribution in [3.63, 3.8) is 0 Å². The van der Waals surface area contributed by atoms with E-state index in [1.165, 1.54) is 18.3 Å². The second kappa shape index (κ2) is 7.32. The Kier molecular flexibility index (Phi) is 4.95. The third-order valence-electron chi connectivity index (χ3n) is 3.48. The van der Waals surface area contributed by atoms with Gasteiger partial charge in [-0.25, -0.2) is 14.4 Å². The third-order valence-corrected chi connectivity index (χ3v) is 3.48. The molecule has 3 atom stereocenters. The van der Waals surface area contributed by atoms with E-state index < -0.39 is 23.5 Å². The molecule has 3 unspecified atom stereocenters. The number of hydrogen-bond acceptors (Lipinski definition) is 7. The minimum absolute atomic E-state index is 0.110. The predicted octanol–water partition coefficient (Wildman–Crippen LogP) is -1.91. The standard InChI is InChI=1S/C14H16N4O7/c19-10(23-5-7-3-15-14(22)18-11(7)20)2-1-9-12(25-9)24-6-8-4-16-13(21)17-8/h1-3,8-9,12H,4-6H2,(H2,16,17,21)(H2,15,18,20,22)/b2-1+. The van der Waals surface area contributed by atoms with E-state index in [0.717, 1.165) is 0 Å². The molecule has 2 aliphatic heterocycles. The Hall–Kier alpha value is -2.92. The Bertz CT molecular complexity index is 799. The molecule has 2 aliphatic rings. The van der Waals surface area contributed by atoms with Crippen molar-refractivity contribution in [2.45, 2.75) is 25.0 Å². The second-order valence-corrected chi connectivity index (χ2v) is 5.42. The highest BCUT2D eigenvalue weighted by molar-refractivity contribution is 5.82. The van der Waals surface area contributed by atoms with Gasteiger partial charge in [0.25, 0.3) is 5.56 Å². The number of nitrogens with one attached hydrogen (secondary N) is 4. The van der Waals surface area contributed by atoms with E-state index in [9.17, 15) is 19.2 Å². The summed E-state index contributed by atoms with van der Waals surface area (Å²) in [6.07, 6.45) is 3.00. The summed E-state index contributed by atoms with van der Waals surface area (Å²) in [6, 6.07) is -0.340. The average molecular weight is 352 g/mol. The maximum atomic E-state index is 11.6. The quantitative estimate of drug-likeness (QED) is 0.253. The number of ether oxygens (including phenoxy) is 3. The summed E-state index contributed by atoms with van der Waals surface area (Å²) in [5, 5.41) is 5.28. The van der Waals surface area contributed by atoms with Crippen molar-refractivity contribution in [1.82, 2.24) is 20.6 Å². The van der Waals surface area contributed by atoms with Crippen LogP contribution >= 0.6 is 0 Å². The number of aromatic nitrogens is 2. The van der Waals surface area contributed by atoms with Crippen LogP contribution in [0.25, 0.3) is 0 Å². The average Bonchev–Trinajstić information content (AvgIpc) is 3.21. The van der Waals surface area contributed by atoms with Crippen molar-refractivity contribution in [1.29, 1.82) is 0 Å². The van der Waals surface area contributed by atoms with Gasteiger partial charge in [0.1, 0.15) is 12.7 Å². The van der Waals surface area contributed by atoms with Crippen molar-refractivity contribution in [2.75, 3.05) is 13.2 Å². The molecule has 1 aromatic rings. The number of rotatable bonds is 7. The molecule has 0 aromatic carbocycles. The lowest BCUT2D eigenvalue weighted by Crippen LogP contribution is -2.31. The molecule has 11 nitrogen and oxygen atoms in total. The van der Waals surface area contributed by atoms with Crippen LogP contribution in [0.1, 0.15) is 5.56 Å². The molecule has 3 rings (SSSR count). The lowest BCUT2D eigenvalue weighted by molar-refractivity contribution is -0.139. The van der Waals surface area contributed by atoms with Crippen LogP contribution in [0.3, 0.4) is 0 Å². The molecule has 0 saturated carbocycles. The minimum Gasteiger partial charge on any atom is -0.457 e. The van der Waals surface area contributed by atoms with E-state index in [2.05, 4.69) is 15.6 Å². The zero-order chi connectivity index (χ0) is 17.8. The molecule has 0 radical (unpaired) electrons. The lowest BCUT2D eigenvalue weighted by Gasteiger charge is -2.06. The van der Waals surface area contributed by atoms with E-state index in [1.807, 2.05) is 4.98 Å². The summed E-state index contributed by atoms with van der Waals surface area (Å²) in [5.74, 6) is -0.660. The molecule has 134 valence electrons. The van der Waals surface area contributed by atoms with Crippen LogP contribution in [0, 0.1) is 0 Å². The number of amides is 2. The first-order chi connectivity index (χ1) is 12.0. The van der Waals surface area contributed by atoms with Crippen LogP contribution in [0.4, 0.5) is 4.79 Å². The number of hydrogen-bond donors (Lipinski definition) is 4. The first-order valence-corrected chi connectivity index (χ1v) is 7.48. The number of esters is 1. The van der Waals surface area contributed by atoms with E-state index in [0.29, 0.717) is 13.2 Å². The molecule has 0 aliphatic carbocycles. The molecule has 2 fully saturated rings. The number of H-pyrrole nitrogens is 2. The summed E-state index contributed by atoms with van der Waals surface area (Å²) in [7, 11) is 0. The van der Waals surface area contributed by atoms with E-state index in [1.54, 1.807) is 0 Å². The van der Waals surface area contributed by atoms with Gasteiger partial charge in [-0.3, -0.25) is 9.78 Å². The highest BCUT2D eigenvalue weighted by atomic mass is 16.8. The molecule has 25 heavy (non-hydrogen) atoms. The zero-order valence-corrected chi connectivity index (χ0v) is 12.9. The minimum atomic E-state index is -0.660. The highest BCUT2D eigenvalue weighted by Crippen LogP contribution is 2.24. The Labute approximate surface area is 140 Å². The van der Waals surface area contributed by atoms with Gasteiger partial charge >= 0.3 is 17.7 Å². The molecule has 0 spiro atoms. The van der Waals surface area contributed by atoms with Gasteiger partial charge in [0.15, 0.2) is 6.29 Å². The van der Waals surface area contributed by atoms with Crippen LogP contribution in [0.15, 0.2) is 27.9 Å². The summed E-state index contributed by atoms with van der Waals surface area (Å²) >= 11 is 0. The van der Waals surface area contributed by atoms with E-state index in [4.69, 9.17) is 14.2 Å². The van der Waals surface area contributed by atoms with Crippen molar-refractivity contribution in [3.05, 3.63) is 44.8 Å². The molecule has 4 N–H and O–H groups in total. The maximum Gasteiger partial charge on any atom is 0.330 e. The Morgan fingerprint density at radius 2 is 2.20 bits per heavy atom. The van der Waals surface area contributed by atoms with Gasteiger partial charge in [-0.05, 0) is 6.08 Å².